The van der Waals surface area contributed by atoms with Gasteiger partial charge in [0.05, 0.1) is 26.9 Å². The summed E-state index contributed by atoms with van der Waals surface area (Å²) in [6, 6.07) is 17.6. The van der Waals surface area contributed by atoms with Crippen molar-refractivity contribution >= 4 is 65.4 Å². The minimum atomic E-state index is 0.324. The fourth-order valence-electron chi connectivity index (χ4n) is 5.99. The Morgan fingerprint density at radius 2 is 1.82 bits per heavy atom. The van der Waals surface area contributed by atoms with Crippen molar-refractivity contribution in [3.8, 4) is 16.2 Å². The van der Waals surface area contributed by atoms with E-state index in [1.165, 1.54) is 37.4 Å². The van der Waals surface area contributed by atoms with E-state index in [9.17, 15) is 0 Å². The molecule has 8 rings (SSSR count). The summed E-state index contributed by atoms with van der Waals surface area (Å²) >= 11 is 1.81. The van der Waals surface area contributed by atoms with Gasteiger partial charge in [0.15, 0.2) is 0 Å². The smallest absolute Gasteiger partial charge is 0.145 e. The Hall–Kier alpha value is -4.03. The lowest BCUT2D eigenvalue weighted by Crippen LogP contribution is -2.08. The van der Waals surface area contributed by atoms with Gasteiger partial charge in [-0.3, -0.25) is 9.98 Å². The molecule has 0 saturated carbocycles. The summed E-state index contributed by atoms with van der Waals surface area (Å²) < 4.78 is 7.56. The van der Waals surface area contributed by atoms with Crippen molar-refractivity contribution in [2.45, 2.75) is 40.0 Å². The van der Waals surface area contributed by atoms with Crippen molar-refractivity contribution in [1.82, 2.24) is 15.0 Å². The molecule has 0 fully saturated rings. The van der Waals surface area contributed by atoms with Crippen LogP contribution in [0.25, 0.3) is 58.8 Å². The lowest BCUT2D eigenvalue weighted by Gasteiger charge is -2.19. The van der Waals surface area contributed by atoms with Gasteiger partial charge in [-0.2, -0.15) is 0 Å². The summed E-state index contributed by atoms with van der Waals surface area (Å²) in [4.78, 5) is 19.5. The van der Waals surface area contributed by atoms with Gasteiger partial charge in [0.1, 0.15) is 18.2 Å². The number of aliphatic imine (C=N–C) groups is 1. The molecule has 0 spiro atoms. The normalized spacial score (nSPS) is 15.2. The standard InChI is InChI=1S/C33H28N4OS/c1-16(2)25-14-23-21-10-8-19-13-27(39-32(19)31(21)38-15-26(23)35-25)18-7-9-20-24(12-18)28-22(6-5-11-34-28)30-29(20)36-33(37-30)17(3)4/h5-13,16-17H,14-15H2,1-4H3,(H,36,37). The fraction of sp³-hybridized carbons (Fsp3) is 0.242. The minimum absolute atomic E-state index is 0.324. The Labute approximate surface area is 230 Å². The molecule has 0 amide bonds. The van der Waals surface area contributed by atoms with Crippen LogP contribution in [-0.2, 0) is 0 Å². The van der Waals surface area contributed by atoms with E-state index in [4.69, 9.17) is 19.7 Å². The maximum absolute atomic E-state index is 6.35. The van der Waals surface area contributed by atoms with Crippen molar-refractivity contribution in [3.05, 3.63) is 71.8 Å². The lowest BCUT2D eigenvalue weighted by atomic mass is 9.94. The number of aromatic nitrogens is 3. The van der Waals surface area contributed by atoms with E-state index in [1.807, 2.05) is 12.3 Å². The molecule has 0 bridgehead atoms. The average molecular weight is 529 g/mol. The summed E-state index contributed by atoms with van der Waals surface area (Å²) in [6.45, 7) is 9.33. The molecule has 0 aliphatic carbocycles. The maximum Gasteiger partial charge on any atom is 0.145 e. The molecular weight excluding hydrogens is 500 g/mol. The van der Waals surface area contributed by atoms with Gasteiger partial charge in [0, 0.05) is 50.8 Å². The predicted molar refractivity (Wildman–Crippen MR) is 163 cm³/mol. The molecule has 0 unspecified atom stereocenters. The third-order valence-electron chi connectivity index (χ3n) is 8.13. The summed E-state index contributed by atoms with van der Waals surface area (Å²) in [5.74, 6) is 2.79. The molecule has 5 heterocycles. The molecule has 0 saturated heterocycles. The Morgan fingerprint density at radius 3 is 2.67 bits per heavy atom. The van der Waals surface area contributed by atoms with Crippen LogP contribution in [0.2, 0.25) is 0 Å². The predicted octanol–water partition coefficient (Wildman–Crippen LogP) is 8.87. The van der Waals surface area contributed by atoms with Gasteiger partial charge in [-0.25, -0.2) is 4.98 Å². The van der Waals surface area contributed by atoms with Gasteiger partial charge in [0.2, 0.25) is 0 Å². The highest BCUT2D eigenvalue weighted by atomic mass is 32.1. The van der Waals surface area contributed by atoms with Crippen LogP contribution in [0.1, 0.15) is 51.4 Å². The van der Waals surface area contributed by atoms with E-state index in [1.54, 1.807) is 11.3 Å². The number of imidazole rings is 1. The number of hydrogen-bond acceptors (Lipinski definition) is 5. The van der Waals surface area contributed by atoms with Crippen LogP contribution in [0.5, 0.6) is 5.75 Å². The van der Waals surface area contributed by atoms with Crippen LogP contribution < -0.4 is 4.74 Å². The van der Waals surface area contributed by atoms with Gasteiger partial charge in [0.25, 0.3) is 0 Å². The Balaban J connectivity index is 1.29. The van der Waals surface area contributed by atoms with Gasteiger partial charge < -0.3 is 9.72 Å². The van der Waals surface area contributed by atoms with E-state index in [2.05, 4.69) is 75.1 Å². The highest BCUT2D eigenvalue weighted by molar-refractivity contribution is 7.22. The van der Waals surface area contributed by atoms with Crippen LogP contribution >= 0.6 is 11.3 Å². The van der Waals surface area contributed by atoms with E-state index in [0.717, 1.165) is 56.4 Å². The molecule has 1 N–H and O–H groups in total. The van der Waals surface area contributed by atoms with Crippen molar-refractivity contribution in [2.24, 2.45) is 10.9 Å². The zero-order valence-electron chi connectivity index (χ0n) is 22.4. The number of H-pyrrole nitrogens is 1. The van der Waals surface area contributed by atoms with E-state index >= 15 is 0 Å². The van der Waals surface area contributed by atoms with Crippen LogP contribution in [0.3, 0.4) is 0 Å². The maximum atomic E-state index is 6.35. The molecule has 3 aromatic heterocycles. The van der Waals surface area contributed by atoms with Crippen LogP contribution in [0.15, 0.2) is 65.4 Å². The number of rotatable bonds is 3. The topological polar surface area (TPSA) is 63.2 Å². The molecule has 3 aromatic carbocycles. The number of nitrogens with zero attached hydrogens (tertiary/aromatic N) is 3. The van der Waals surface area contributed by atoms with Crippen molar-refractivity contribution in [1.29, 1.82) is 0 Å². The summed E-state index contributed by atoms with van der Waals surface area (Å²) in [7, 11) is 0. The van der Waals surface area contributed by atoms with Gasteiger partial charge in [-0.15, -0.1) is 11.3 Å². The zero-order valence-corrected chi connectivity index (χ0v) is 23.2. The summed E-state index contributed by atoms with van der Waals surface area (Å²) in [5.41, 5.74) is 9.16. The Morgan fingerprint density at radius 1 is 0.923 bits per heavy atom. The number of allylic oxidation sites excluding steroid dienone is 1. The van der Waals surface area contributed by atoms with E-state index in [-0.39, 0.29) is 0 Å². The molecule has 0 radical (unpaired) electrons. The number of ether oxygens (including phenoxy) is 1. The number of fused-ring (bicyclic) bond motifs is 10. The van der Waals surface area contributed by atoms with Crippen molar-refractivity contribution in [3.63, 3.8) is 0 Å². The summed E-state index contributed by atoms with van der Waals surface area (Å²) in [6.07, 6.45) is 2.80. The molecule has 192 valence electrons. The molecule has 2 aliphatic rings. The number of nitrogens with one attached hydrogen (secondary N) is 1. The van der Waals surface area contributed by atoms with Crippen molar-refractivity contribution < 1.29 is 4.74 Å². The molecule has 0 atom stereocenters. The van der Waals surface area contributed by atoms with Crippen LogP contribution in [-0.4, -0.2) is 27.3 Å². The Bertz CT molecular complexity index is 2060. The first-order valence-electron chi connectivity index (χ1n) is 13.7. The quantitative estimate of drug-likeness (QED) is 0.233. The van der Waals surface area contributed by atoms with E-state index in [0.29, 0.717) is 18.4 Å². The number of pyridine rings is 1. The second-order valence-corrected chi connectivity index (χ2v) is 12.3. The number of hydrogen-bond donors (Lipinski definition) is 1. The number of benzene rings is 3. The third kappa shape index (κ3) is 3.34. The van der Waals surface area contributed by atoms with Gasteiger partial charge in [-0.1, -0.05) is 52.0 Å². The molecular formula is C33H28N4OS. The first kappa shape index (κ1) is 22.9. The summed E-state index contributed by atoms with van der Waals surface area (Å²) in [5, 5.41) is 4.60. The van der Waals surface area contributed by atoms with Gasteiger partial charge >= 0.3 is 0 Å². The first-order chi connectivity index (χ1) is 19.0. The largest absolute Gasteiger partial charge is 0.485 e. The highest BCUT2D eigenvalue weighted by Crippen LogP contribution is 2.48. The average Bonchev–Trinajstić information content (AvgIpc) is 3.69. The van der Waals surface area contributed by atoms with E-state index < -0.39 is 0 Å². The van der Waals surface area contributed by atoms with Crippen LogP contribution in [0, 0.1) is 5.92 Å². The molecule has 5 nitrogen and oxygen atoms in total. The van der Waals surface area contributed by atoms with Crippen LogP contribution in [0.4, 0.5) is 0 Å². The van der Waals surface area contributed by atoms with Crippen molar-refractivity contribution in [2.75, 3.05) is 6.61 Å². The first-order valence-corrected chi connectivity index (χ1v) is 14.5. The second-order valence-electron chi connectivity index (χ2n) is 11.3. The molecule has 6 aromatic rings. The van der Waals surface area contributed by atoms with Gasteiger partial charge in [-0.05, 0) is 46.7 Å². The third-order valence-corrected chi connectivity index (χ3v) is 9.33. The molecule has 2 aliphatic heterocycles. The number of aromatic amines is 1. The highest BCUT2D eigenvalue weighted by Gasteiger charge is 2.29. The Kier molecular flexibility index (Phi) is 4.84. The molecule has 6 heteroatoms. The minimum Gasteiger partial charge on any atom is -0.485 e. The lowest BCUT2D eigenvalue weighted by molar-refractivity contribution is 0.350. The SMILES string of the molecule is CC(C)C1=NC2=C(C1)c1ccc3cc(-c4ccc5c(c4)c4ncccc4c4nc(C(C)C)[nH]c54)sc3c1OC2. The molecule has 39 heavy (non-hydrogen) atoms. The number of thiophene rings is 1. The zero-order chi connectivity index (χ0) is 26.4. The monoisotopic (exact) mass is 528 g/mol. The fourth-order valence-corrected chi connectivity index (χ4v) is 7.14. The second kappa shape index (κ2) is 8.23.